The van der Waals surface area contributed by atoms with Crippen molar-refractivity contribution < 1.29 is 9.53 Å². The lowest BCUT2D eigenvalue weighted by atomic mass is 10.1. The van der Waals surface area contributed by atoms with Crippen LogP contribution in [0.15, 0.2) is 22.7 Å². The monoisotopic (exact) mass is 336 g/mol. The highest BCUT2D eigenvalue weighted by molar-refractivity contribution is 9.10. The number of nitrogens with zero attached hydrogens (tertiary/aromatic N) is 2. The van der Waals surface area contributed by atoms with Gasteiger partial charge in [-0.05, 0) is 44.5 Å². The Balaban J connectivity index is 2.48. The molecule has 2 aromatic rings. The molecule has 0 aliphatic heterocycles. The molecule has 0 amide bonds. The van der Waals surface area contributed by atoms with Gasteiger partial charge in [0.05, 0.1) is 24.9 Å². The summed E-state index contributed by atoms with van der Waals surface area (Å²) in [6.45, 7) is 5.92. The molecule has 0 bridgehead atoms. The van der Waals surface area contributed by atoms with Crippen LogP contribution in [-0.4, -0.2) is 22.9 Å². The molecular weight excluding hydrogens is 320 g/mol. The van der Waals surface area contributed by atoms with E-state index in [-0.39, 0.29) is 12.4 Å². The molecule has 0 radical (unpaired) electrons. The summed E-state index contributed by atoms with van der Waals surface area (Å²) in [6.07, 6.45) is 0.254. The Bertz CT molecular complexity index is 662. The number of carbonyl (C=O) groups is 1. The lowest BCUT2D eigenvalue weighted by Gasteiger charge is -2.09. The first kappa shape index (κ1) is 14.8. The molecule has 0 unspecified atom stereocenters. The predicted molar refractivity (Wildman–Crippen MR) is 81.2 cm³/mol. The second-order valence-electron chi connectivity index (χ2n) is 4.74. The lowest BCUT2D eigenvalue weighted by Crippen LogP contribution is -2.07. The van der Waals surface area contributed by atoms with Gasteiger partial charge in [0.2, 0.25) is 0 Å². The van der Waals surface area contributed by atoms with Crippen molar-refractivity contribution in [3.63, 3.8) is 0 Å². The highest BCUT2D eigenvalue weighted by Gasteiger charge is 2.17. The quantitative estimate of drug-likeness (QED) is 0.808. The zero-order valence-corrected chi connectivity index (χ0v) is 13.6. The number of aromatic nitrogens is 2. The van der Waals surface area contributed by atoms with Gasteiger partial charge in [0, 0.05) is 15.7 Å². The van der Waals surface area contributed by atoms with Gasteiger partial charge in [-0.25, -0.2) is 4.68 Å². The number of benzene rings is 1. The normalized spacial score (nSPS) is 10.7. The van der Waals surface area contributed by atoms with E-state index in [4.69, 9.17) is 4.74 Å². The van der Waals surface area contributed by atoms with Gasteiger partial charge in [-0.3, -0.25) is 4.79 Å². The minimum Gasteiger partial charge on any atom is -0.469 e. The van der Waals surface area contributed by atoms with Crippen molar-refractivity contribution in [3.8, 4) is 5.69 Å². The van der Waals surface area contributed by atoms with Crippen LogP contribution in [-0.2, 0) is 16.0 Å². The van der Waals surface area contributed by atoms with Crippen LogP contribution in [0.3, 0.4) is 0 Å². The first-order chi connectivity index (χ1) is 9.43. The lowest BCUT2D eigenvalue weighted by molar-refractivity contribution is -0.139. The molecule has 1 aromatic carbocycles. The van der Waals surface area contributed by atoms with E-state index in [9.17, 15) is 4.79 Å². The van der Waals surface area contributed by atoms with Crippen LogP contribution in [0.4, 0.5) is 0 Å². The zero-order valence-electron chi connectivity index (χ0n) is 12.0. The molecule has 0 spiro atoms. The van der Waals surface area contributed by atoms with Gasteiger partial charge in [-0.1, -0.05) is 15.9 Å². The van der Waals surface area contributed by atoms with Gasteiger partial charge < -0.3 is 4.74 Å². The van der Waals surface area contributed by atoms with E-state index in [2.05, 4.69) is 21.0 Å². The van der Waals surface area contributed by atoms with E-state index in [0.29, 0.717) is 0 Å². The minimum atomic E-state index is -0.247. The fourth-order valence-corrected chi connectivity index (χ4v) is 2.71. The highest BCUT2D eigenvalue weighted by Crippen LogP contribution is 2.23. The smallest absolute Gasteiger partial charge is 0.310 e. The molecule has 2 rings (SSSR count). The molecule has 5 heteroatoms. The maximum absolute atomic E-state index is 11.5. The molecule has 0 aliphatic rings. The molecule has 106 valence electrons. The predicted octanol–water partition coefficient (Wildman–Crippen LogP) is 3.28. The van der Waals surface area contributed by atoms with Gasteiger partial charge in [0.25, 0.3) is 0 Å². The Labute approximate surface area is 126 Å². The van der Waals surface area contributed by atoms with Crippen LogP contribution in [0.5, 0.6) is 0 Å². The fraction of sp³-hybridized carbons (Fsp3) is 0.333. The second-order valence-corrected chi connectivity index (χ2v) is 5.66. The average Bonchev–Trinajstić information content (AvgIpc) is 2.66. The highest BCUT2D eigenvalue weighted by atomic mass is 79.9. The van der Waals surface area contributed by atoms with Crippen molar-refractivity contribution in [2.75, 3.05) is 7.11 Å². The fourth-order valence-electron chi connectivity index (χ4n) is 2.24. The van der Waals surface area contributed by atoms with Crippen molar-refractivity contribution >= 4 is 21.9 Å². The maximum atomic E-state index is 11.5. The van der Waals surface area contributed by atoms with E-state index >= 15 is 0 Å². The summed E-state index contributed by atoms with van der Waals surface area (Å²) in [4.78, 5) is 11.5. The Morgan fingerprint density at radius 1 is 1.35 bits per heavy atom. The van der Waals surface area contributed by atoms with Gasteiger partial charge in [-0.15, -0.1) is 0 Å². The van der Waals surface area contributed by atoms with Crippen molar-refractivity contribution in [2.45, 2.75) is 27.2 Å². The number of ether oxygens (including phenoxy) is 1. The summed E-state index contributed by atoms with van der Waals surface area (Å²) in [7, 11) is 1.40. The number of halogens is 1. The van der Waals surface area contributed by atoms with Crippen molar-refractivity contribution in [2.24, 2.45) is 0 Å². The van der Waals surface area contributed by atoms with E-state index < -0.39 is 0 Å². The van der Waals surface area contributed by atoms with Crippen LogP contribution in [0.1, 0.15) is 22.5 Å². The van der Waals surface area contributed by atoms with E-state index in [1.165, 1.54) is 7.11 Å². The van der Waals surface area contributed by atoms with Crippen LogP contribution in [0.2, 0.25) is 0 Å². The van der Waals surface area contributed by atoms with E-state index in [1.54, 1.807) is 0 Å². The summed E-state index contributed by atoms with van der Waals surface area (Å²) in [5, 5.41) is 4.55. The van der Waals surface area contributed by atoms with Gasteiger partial charge in [-0.2, -0.15) is 5.10 Å². The SMILES string of the molecule is COC(=O)Cc1c(C)nn(-c2ccc(Br)cc2C)c1C. The molecular formula is C15H17BrN2O2. The van der Waals surface area contributed by atoms with Crippen molar-refractivity contribution in [1.29, 1.82) is 0 Å². The molecule has 4 nitrogen and oxygen atoms in total. The summed E-state index contributed by atoms with van der Waals surface area (Å²) in [5.74, 6) is -0.247. The van der Waals surface area contributed by atoms with Crippen molar-refractivity contribution in [1.82, 2.24) is 9.78 Å². The van der Waals surface area contributed by atoms with Gasteiger partial charge in [0.15, 0.2) is 0 Å². The maximum Gasteiger partial charge on any atom is 0.310 e. The average molecular weight is 337 g/mol. The molecule has 0 saturated heterocycles. The third-order valence-corrected chi connectivity index (χ3v) is 3.87. The molecule has 0 N–H and O–H groups in total. The van der Waals surface area contributed by atoms with Gasteiger partial charge in [0.1, 0.15) is 0 Å². The first-order valence-corrected chi connectivity index (χ1v) is 7.11. The molecule has 1 aromatic heterocycles. The van der Waals surface area contributed by atoms with Crippen LogP contribution >= 0.6 is 15.9 Å². The third kappa shape index (κ3) is 2.77. The molecule has 1 heterocycles. The summed E-state index contributed by atoms with van der Waals surface area (Å²) in [6, 6.07) is 6.05. The number of rotatable bonds is 3. The second kappa shape index (κ2) is 5.79. The number of hydrogen-bond acceptors (Lipinski definition) is 3. The Morgan fingerprint density at radius 2 is 2.05 bits per heavy atom. The summed E-state index contributed by atoms with van der Waals surface area (Å²) < 4.78 is 7.66. The number of esters is 1. The van der Waals surface area contributed by atoms with Gasteiger partial charge >= 0.3 is 5.97 Å². The first-order valence-electron chi connectivity index (χ1n) is 6.32. The van der Waals surface area contributed by atoms with Crippen LogP contribution < -0.4 is 0 Å². The number of aryl methyl sites for hydroxylation is 2. The summed E-state index contributed by atoms with van der Waals surface area (Å²) in [5.41, 5.74) is 4.90. The Hall–Kier alpha value is -1.62. The van der Waals surface area contributed by atoms with Crippen LogP contribution in [0, 0.1) is 20.8 Å². The van der Waals surface area contributed by atoms with E-state index in [0.717, 1.165) is 32.7 Å². The third-order valence-electron chi connectivity index (χ3n) is 3.38. The van der Waals surface area contributed by atoms with Crippen LogP contribution in [0.25, 0.3) is 5.69 Å². The van der Waals surface area contributed by atoms with Crippen molar-refractivity contribution in [3.05, 3.63) is 45.2 Å². The molecule has 0 saturated carbocycles. The standard InChI is InChI=1S/C15H17BrN2O2/c1-9-7-12(16)5-6-14(9)18-11(3)13(10(2)17-18)8-15(19)20-4/h5-7H,8H2,1-4H3. The number of methoxy groups -OCH3 is 1. The largest absolute Gasteiger partial charge is 0.469 e. The van der Waals surface area contributed by atoms with E-state index in [1.807, 2.05) is 43.7 Å². The molecule has 20 heavy (non-hydrogen) atoms. The number of carbonyl (C=O) groups excluding carboxylic acids is 1. The summed E-state index contributed by atoms with van der Waals surface area (Å²) >= 11 is 3.46. The topological polar surface area (TPSA) is 44.1 Å². The molecule has 0 atom stereocenters. The number of hydrogen-bond donors (Lipinski definition) is 0. The minimum absolute atomic E-state index is 0.247. The zero-order chi connectivity index (χ0) is 14.9. The molecule has 0 aliphatic carbocycles. The molecule has 0 fully saturated rings. The Morgan fingerprint density at radius 3 is 2.65 bits per heavy atom. The Kier molecular flexibility index (Phi) is 4.28.